The zero-order valence-corrected chi connectivity index (χ0v) is 15.5. The normalized spacial score (nSPS) is 16.1. The number of hydrogen-bond donors (Lipinski definition) is 0. The molecule has 0 radical (unpaired) electrons. The molecule has 0 saturated heterocycles. The van der Waals surface area contributed by atoms with E-state index < -0.39 is 0 Å². The van der Waals surface area contributed by atoms with Crippen LogP contribution in [0, 0.1) is 5.41 Å². The minimum atomic E-state index is 0.413. The van der Waals surface area contributed by atoms with Crippen LogP contribution in [0.4, 0.5) is 0 Å². The molecule has 0 heterocycles. The van der Waals surface area contributed by atoms with Gasteiger partial charge in [0.15, 0.2) is 0 Å². The van der Waals surface area contributed by atoms with Crippen molar-refractivity contribution in [2.24, 2.45) is 5.41 Å². The molecular formula is C20H38. The Labute approximate surface area is 129 Å². The second kappa shape index (κ2) is 12.0. The highest BCUT2D eigenvalue weighted by Crippen LogP contribution is 2.43. The van der Waals surface area contributed by atoms with Crippen LogP contribution < -0.4 is 0 Å². The maximum atomic E-state index is 2.36. The second-order valence-electron chi connectivity index (χ2n) is 5.51. The molecule has 0 bridgehead atoms. The summed E-state index contributed by atoms with van der Waals surface area (Å²) in [6, 6.07) is 8.98. The van der Waals surface area contributed by atoms with Gasteiger partial charge in [0.25, 0.3) is 0 Å². The van der Waals surface area contributed by atoms with Crippen LogP contribution in [-0.2, 0) is 6.42 Å². The second-order valence-corrected chi connectivity index (χ2v) is 5.51. The standard InChI is InChI=1S/C14H20.3C2H6/c1-14(2,3)13-10-6-8-11-7-4-5-9-12(11)13;3*1-2/h4-5,7,9,13H,6,8,10H2,1-3H3;3*1-2H3. The largest absolute Gasteiger partial charge is 0.0683 e. The lowest BCUT2D eigenvalue weighted by molar-refractivity contribution is 0.289. The van der Waals surface area contributed by atoms with E-state index in [-0.39, 0.29) is 0 Å². The average Bonchev–Trinajstić information content (AvgIpc) is 2.52. The Bertz CT molecular complexity index is 317. The molecule has 2 rings (SSSR count). The van der Waals surface area contributed by atoms with Gasteiger partial charge in [-0.05, 0) is 41.7 Å². The van der Waals surface area contributed by atoms with Crippen LogP contribution in [0.15, 0.2) is 24.3 Å². The lowest BCUT2D eigenvalue weighted by atomic mass is 9.69. The quantitative estimate of drug-likeness (QED) is 0.469. The van der Waals surface area contributed by atoms with Crippen molar-refractivity contribution >= 4 is 0 Å². The molecule has 1 unspecified atom stereocenters. The minimum absolute atomic E-state index is 0.413. The number of hydrogen-bond acceptors (Lipinski definition) is 0. The summed E-state index contributed by atoms with van der Waals surface area (Å²) >= 11 is 0. The van der Waals surface area contributed by atoms with Crippen molar-refractivity contribution in [3.05, 3.63) is 35.4 Å². The highest BCUT2D eigenvalue weighted by Gasteiger charge is 2.29. The summed E-state index contributed by atoms with van der Waals surface area (Å²) in [6.45, 7) is 19.1. The molecule has 118 valence electrons. The van der Waals surface area contributed by atoms with Crippen molar-refractivity contribution in [3.8, 4) is 0 Å². The molecule has 20 heavy (non-hydrogen) atoms. The third-order valence-electron chi connectivity index (χ3n) is 3.41. The number of benzene rings is 1. The molecule has 0 nitrogen and oxygen atoms in total. The van der Waals surface area contributed by atoms with E-state index in [1.54, 1.807) is 11.1 Å². The fraction of sp³-hybridized carbons (Fsp3) is 0.700. The van der Waals surface area contributed by atoms with Gasteiger partial charge in [-0.15, -0.1) is 0 Å². The van der Waals surface area contributed by atoms with E-state index >= 15 is 0 Å². The van der Waals surface area contributed by atoms with E-state index in [0.717, 1.165) is 5.92 Å². The van der Waals surface area contributed by atoms with E-state index in [4.69, 9.17) is 0 Å². The molecule has 0 fully saturated rings. The predicted molar refractivity (Wildman–Crippen MR) is 95.6 cm³/mol. The molecule has 1 atom stereocenters. The van der Waals surface area contributed by atoms with Crippen LogP contribution in [0.1, 0.15) is 92.2 Å². The Hall–Kier alpha value is -0.780. The maximum absolute atomic E-state index is 2.36. The number of fused-ring (bicyclic) bond motifs is 1. The van der Waals surface area contributed by atoms with Crippen LogP contribution in [0.5, 0.6) is 0 Å². The molecular weight excluding hydrogens is 240 g/mol. The molecule has 0 heteroatoms. The van der Waals surface area contributed by atoms with Crippen molar-refractivity contribution in [1.82, 2.24) is 0 Å². The highest BCUT2D eigenvalue weighted by molar-refractivity contribution is 5.33. The van der Waals surface area contributed by atoms with Gasteiger partial charge < -0.3 is 0 Å². The highest BCUT2D eigenvalue weighted by atomic mass is 14.3. The van der Waals surface area contributed by atoms with E-state index in [1.165, 1.54) is 19.3 Å². The molecule has 0 spiro atoms. The Morgan fingerprint density at radius 3 is 1.85 bits per heavy atom. The van der Waals surface area contributed by atoms with Gasteiger partial charge in [0.05, 0.1) is 0 Å². The average molecular weight is 279 g/mol. The maximum Gasteiger partial charge on any atom is -0.0110 e. The smallest absolute Gasteiger partial charge is 0.0110 e. The molecule has 0 aromatic heterocycles. The van der Waals surface area contributed by atoms with Crippen molar-refractivity contribution in [2.45, 2.75) is 87.5 Å². The van der Waals surface area contributed by atoms with Gasteiger partial charge in [0.1, 0.15) is 0 Å². The van der Waals surface area contributed by atoms with Crippen LogP contribution in [0.2, 0.25) is 0 Å². The zero-order valence-electron chi connectivity index (χ0n) is 15.5. The van der Waals surface area contributed by atoms with Gasteiger partial charge in [-0.1, -0.05) is 86.6 Å². The molecule has 1 aliphatic rings. The van der Waals surface area contributed by atoms with Gasteiger partial charge in [-0.2, -0.15) is 0 Å². The molecule has 1 aromatic carbocycles. The molecule has 1 aromatic rings. The topological polar surface area (TPSA) is 0 Å². The SMILES string of the molecule is CC.CC.CC.CC(C)(C)C1CCCc2ccccc21. The molecule has 0 aliphatic heterocycles. The minimum Gasteiger partial charge on any atom is -0.0683 e. The summed E-state index contributed by atoms with van der Waals surface area (Å²) in [5.41, 5.74) is 3.60. The van der Waals surface area contributed by atoms with Crippen LogP contribution in [0.25, 0.3) is 0 Å². The molecule has 1 aliphatic carbocycles. The van der Waals surface area contributed by atoms with Gasteiger partial charge in [0.2, 0.25) is 0 Å². The van der Waals surface area contributed by atoms with Crippen LogP contribution in [0.3, 0.4) is 0 Å². The molecule has 0 N–H and O–H groups in total. The Morgan fingerprint density at radius 2 is 1.35 bits per heavy atom. The van der Waals surface area contributed by atoms with Crippen LogP contribution in [-0.4, -0.2) is 0 Å². The first-order valence-electron chi connectivity index (χ1n) is 8.67. The van der Waals surface area contributed by atoms with Gasteiger partial charge >= 0.3 is 0 Å². The number of aryl methyl sites for hydroxylation is 1. The van der Waals surface area contributed by atoms with Crippen LogP contribution >= 0.6 is 0 Å². The van der Waals surface area contributed by atoms with Crippen molar-refractivity contribution in [2.75, 3.05) is 0 Å². The predicted octanol–water partition coefficient (Wildman–Crippen LogP) is 7.23. The Kier molecular flexibility index (Phi) is 12.9. The summed E-state index contributed by atoms with van der Waals surface area (Å²) in [7, 11) is 0. The molecule has 0 saturated carbocycles. The summed E-state index contributed by atoms with van der Waals surface area (Å²) in [4.78, 5) is 0. The van der Waals surface area contributed by atoms with E-state index in [9.17, 15) is 0 Å². The van der Waals surface area contributed by atoms with Gasteiger partial charge in [-0.3, -0.25) is 0 Å². The monoisotopic (exact) mass is 278 g/mol. The van der Waals surface area contributed by atoms with E-state index in [2.05, 4.69) is 45.0 Å². The van der Waals surface area contributed by atoms with Gasteiger partial charge in [-0.25, -0.2) is 0 Å². The zero-order chi connectivity index (χ0) is 16.2. The number of rotatable bonds is 0. The Balaban J connectivity index is 0. The summed E-state index contributed by atoms with van der Waals surface area (Å²) in [5.74, 6) is 0.757. The fourth-order valence-corrected chi connectivity index (χ4v) is 2.65. The van der Waals surface area contributed by atoms with Crippen molar-refractivity contribution in [1.29, 1.82) is 0 Å². The first-order chi connectivity index (χ1) is 9.59. The van der Waals surface area contributed by atoms with Gasteiger partial charge in [0, 0.05) is 0 Å². The third kappa shape index (κ3) is 6.59. The third-order valence-corrected chi connectivity index (χ3v) is 3.41. The van der Waals surface area contributed by atoms with Crippen molar-refractivity contribution in [3.63, 3.8) is 0 Å². The summed E-state index contributed by atoms with van der Waals surface area (Å²) in [6.07, 6.45) is 4.00. The lowest BCUT2D eigenvalue weighted by Gasteiger charge is -2.35. The fourth-order valence-electron chi connectivity index (χ4n) is 2.65. The summed E-state index contributed by atoms with van der Waals surface area (Å²) in [5, 5.41) is 0. The first-order valence-corrected chi connectivity index (χ1v) is 8.67. The Morgan fingerprint density at radius 1 is 0.850 bits per heavy atom. The summed E-state index contributed by atoms with van der Waals surface area (Å²) < 4.78 is 0. The lowest BCUT2D eigenvalue weighted by Crippen LogP contribution is -2.22. The molecule has 0 amide bonds. The first kappa shape index (κ1) is 21.5. The van der Waals surface area contributed by atoms with E-state index in [0.29, 0.717) is 5.41 Å². The van der Waals surface area contributed by atoms with E-state index in [1.807, 2.05) is 41.5 Å². The van der Waals surface area contributed by atoms with Crippen molar-refractivity contribution < 1.29 is 0 Å².